The van der Waals surface area contributed by atoms with Gasteiger partial charge in [0.05, 0.1) is 18.2 Å². The Hall–Kier alpha value is -2.21. The quantitative estimate of drug-likeness (QED) is 0.818. The highest BCUT2D eigenvalue weighted by Gasteiger charge is 1.94. The molecular formula is C12H11N3. The van der Waals surface area contributed by atoms with Crippen molar-refractivity contribution >= 4 is 0 Å². The smallest absolute Gasteiger partial charge is 0.0991 e. The van der Waals surface area contributed by atoms with E-state index < -0.39 is 0 Å². The van der Waals surface area contributed by atoms with Gasteiger partial charge in [-0.25, -0.2) is 0 Å². The Bertz CT molecular complexity index is 466. The zero-order chi connectivity index (χ0) is 10.5. The molecule has 1 aromatic heterocycles. The third kappa shape index (κ3) is 2.38. The fourth-order valence-corrected chi connectivity index (χ4v) is 1.37. The fourth-order valence-electron chi connectivity index (χ4n) is 1.37. The van der Waals surface area contributed by atoms with Gasteiger partial charge in [0.25, 0.3) is 0 Å². The summed E-state index contributed by atoms with van der Waals surface area (Å²) in [6.45, 7) is 0.712. The first kappa shape index (κ1) is 9.35. The van der Waals surface area contributed by atoms with Crippen LogP contribution in [-0.4, -0.2) is 4.68 Å². The van der Waals surface area contributed by atoms with Gasteiger partial charge in [0.1, 0.15) is 0 Å². The highest BCUT2D eigenvalue weighted by atomic mass is 15.4. The predicted molar refractivity (Wildman–Crippen MR) is 58.7 cm³/mol. The molecule has 0 aliphatic rings. The number of nitriles is 1. The van der Waals surface area contributed by atoms with Crippen molar-refractivity contribution in [3.63, 3.8) is 0 Å². The second-order valence-electron chi connectivity index (χ2n) is 3.24. The van der Waals surface area contributed by atoms with Gasteiger partial charge in [0, 0.05) is 12.4 Å². The van der Waals surface area contributed by atoms with Crippen LogP contribution in [0.2, 0.25) is 0 Å². The Morgan fingerprint density at radius 3 is 2.73 bits per heavy atom. The lowest BCUT2D eigenvalue weighted by Crippen LogP contribution is -2.11. The first-order valence-electron chi connectivity index (χ1n) is 4.74. The zero-order valence-corrected chi connectivity index (χ0v) is 8.22. The lowest BCUT2D eigenvalue weighted by atomic mass is 10.1. The summed E-state index contributed by atoms with van der Waals surface area (Å²) in [6.07, 6.45) is 3.88. The van der Waals surface area contributed by atoms with E-state index in [0.717, 1.165) is 5.56 Å². The van der Waals surface area contributed by atoms with Gasteiger partial charge in [-0.3, -0.25) is 4.68 Å². The lowest BCUT2D eigenvalue weighted by molar-refractivity contribution is 0.847. The number of hydrogen-bond acceptors (Lipinski definition) is 2. The molecule has 0 unspecified atom stereocenters. The van der Waals surface area contributed by atoms with E-state index in [9.17, 15) is 0 Å². The van der Waals surface area contributed by atoms with Crippen LogP contribution in [0.15, 0.2) is 48.8 Å². The Kier molecular flexibility index (Phi) is 2.70. The molecule has 3 nitrogen and oxygen atoms in total. The molecule has 0 atom stereocenters. The summed E-state index contributed by atoms with van der Waals surface area (Å²) in [7, 11) is 0. The van der Waals surface area contributed by atoms with Gasteiger partial charge in [-0.15, -0.1) is 0 Å². The Morgan fingerprint density at radius 2 is 2.00 bits per heavy atom. The molecule has 0 saturated carbocycles. The lowest BCUT2D eigenvalue weighted by Gasteiger charge is -2.07. The minimum Gasteiger partial charge on any atom is -0.322 e. The third-order valence-corrected chi connectivity index (χ3v) is 2.13. The van der Waals surface area contributed by atoms with Gasteiger partial charge in [0.2, 0.25) is 0 Å². The van der Waals surface area contributed by atoms with E-state index in [4.69, 9.17) is 5.26 Å². The molecule has 15 heavy (non-hydrogen) atoms. The predicted octanol–water partition coefficient (Wildman–Crippen LogP) is 2.10. The van der Waals surface area contributed by atoms with Crippen LogP contribution in [0, 0.1) is 11.3 Å². The van der Waals surface area contributed by atoms with E-state index in [-0.39, 0.29) is 0 Å². The molecule has 3 heteroatoms. The van der Waals surface area contributed by atoms with Crippen molar-refractivity contribution in [1.82, 2.24) is 4.68 Å². The largest absolute Gasteiger partial charge is 0.322 e. The molecule has 0 fully saturated rings. The summed E-state index contributed by atoms with van der Waals surface area (Å²) >= 11 is 0. The molecule has 2 rings (SSSR count). The number of nitrogens with one attached hydrogen (secondary N) is 1. The van der Waals surface area contributed by atoms with Crippen LogP contribution in [-0.2, 0) is 6.54 Å². The van der Waals surface area contributed by atoms with Crippen molar-refractivity contribution in [2.24, 2.45) is 0 Å². The van der Waals surface area contributed by atoms with Crippen LogP contribution >= 0.6 is 0 Å². The van der Waals surface area contributed by atoms with E-state index in [0.29, 0.717) is 12.1 Å². The summed E-state index contributed by atoms with van der Waals surface area (Å²) in [4.78, 5) is 0. The minimum atomic E-state index is 0.696. The van der Waals surface area contributed by atoms with E-state index in [1.165, 1.54) is 0 Å². The molecular weight excluding hydrogens is 186 g/mol. The van der Waals surface area contributed by atoms with Gasteiger partial charge in [-0.1, -0.05) is 12.1 Å². The number of benzene rings is 1. The topological polar surface area (TPSA) is 40.8 Å². The van der Waals surface area contributed by atoms with Crippen LogP contribution in [0.1, 0.15) is 11.1 Å². The highest BCUT2D eigenvalue weighted by molar-refractivity contribution is 5.33. The summed E-state index contributed by atoms with van der Waals surface area (Å²) < 4.78 is 1.89. The van der Waals surface area contributed by atoms with E-state index in [1.807, 2.05) is 47.4 Å². The molecule has 0 bridgehead atoms. The average Bonchev–Trinajstić information content (AvgIpc) is 2.79. The van der Waals surface area contributed by atoms with E-state index in [1.54, 1.807) is 6.07 Å². The van der Waals surface area contributed by atoms with Crippen LogP contribution < -0.4 is 5.43 Å². The van der Waals surface area contributed by atoms with E-state index >= 15 is 0 Å². The van der Waals surface area contributed by atoms with Gasteiger partial charge in [-0.05, 0) is 29.8 Å². The molecule has 74 valence electrons. The molecule has 0 radical (unpaired) electrons. The Labute approximate surface area is 88.6 Å². The van der Waals surface area contributed by atoms with Crippen molar-refractivity contribution in [2.45, 2.75) is 6.54 Å². The standard InChI is InChI=1S/C12H11N3/c13-9-11-4-3-5-12(8-11)10-14-15-6-1-2-7-15/h1-8,14H,10H2. The fraction of sp³-hybridized carbons (Fsp3) is 0.0833. The monoisotopic (exact) mass is 197 g/mol. The minimum absolute atomic E-state index is 0.696. The summed E-state index contributed by atoms with van der Waals surface area (Å²) in [5.41, 5.74) is 5.00. The van der Waals surface area contributed by atoms with Gasteiger partial charge in [0.15, 0.2) is 0 Å². The van der Waals surface area contributed by atoms with Gasteiger partial charge >= 0.3 is 0 Å². The number of rotatable bonds is 3. The summed E-state index contributed by atoms with van der Waals surface area (Å²) in [5.74, 6) is 0. The van der Waals surface area contributed by atoms with Gasteiger partial charge < -0.3 is 5.43 Å². The SMILES string of the molecule is N#Cc1cccc(CNn2cccc2)c1. The molecule has 2 aromatic rings. The first-order valence-corrected chi connectivity index (χ1v) is 4.74. The van der Waals surface area contributed by atoms with Gasteiger partial charge in [-0.2, -0.15) is 5.26 Å². The van der Waals surface area contributed by atoms with Crippen LogP contribution in [0.4, 0.5) is 0 Å². The highest BCUT2D eigenvalue weighted by Crippen LogP contribution is 2.04. The molecule has 0 amide bonds. The zero-order valence-electron chi connectivity index (χ0n) is 8.22. The van der Waals surface area contributed by atoms with Crippen molar-refractivity contribution in [3.8, 4) is 6.07 Å². The molecule has 1 N–H and O–H groups in total. The maximum absolute atomic E-state index is 8.74. The maximum Gasteiger partial charge on any atom is 0.0991 e. The molecule has 0 saturated heterocycles. The number of nitrogens with zero attached hydrogens (tertiary/aromatic N) is 2. The summed E-state index contributed by atoms with van der Waals surface area (Å²) in [5, 5.41) is 8.74. The molecule has 0 aliphatic heterocycles. The Balaban J connectivity index is 2.02. The number of hydrogen-bond donors (Lipinski definition) is 1. The number of aromatic nitrogens is 1. The molecule has 0 aliphatic carbocycles. The van der Waals surface area contributed by atoms with Crippen molar-refractivity contribution in [1.29, 1.82) is 5.26 Å². The van der Waals surface area contributed by atoms with Crippen molar-refractivity contribution in [2.75, 3.05) is 5.43 Å². The maximum atomic E-state index is 8.74. The van der Waals surface area contributed by atoms with E-state index in [2.05, 4.69) is 11.5 Å². The normalized spacial score (nSPS) is 9.53. The van der Waals surface area contributed by atoms with Crippen molar-refractivity contribution < 1.29 is 0 Å². The second-order valence-corrected chi connectivity index (χ2v) is 3.24. The Morgan fingerprint density at radius 1 is 1.20 bits per heavy atom. The second kappa shape index (κ2) is 4.34. The summed E-state index contributed by atoms with van der Waals surface area (Å²) in [6, 6.07) is 13.6. The first-order chi connectivity index (χ1) is 7.38. The molecule has 1 aromatic carbocycles. The van der Waals surface area contributed by atoms with Crippen LogP contribution in [0.3, 0.4) is 0 Å². The molecule has 1 heterocycles. The van der Waals surface area contributed by atoms with Crippen LogP contribution in [0.25, 0.3) is 0 Å². The molecule has 0 spiro atoms. The average molecular weight is 197 g/mol. The van der Waals surface area contributed by atoms with Crippen LogP contribution in [0.5, 0.6) is 0 Å². The third-order valence-electron chi connectivity index (χ3n) is 2.13. The van der Waals surface area contributed by atoms with Crippen molar-refractivity contribution in [3.05, 3.63) is 59.9 Å².